The number of hydrogen-bond donors (Lipinski definition) is 1. The maximum absolute atomic E-state index is 8.40. The first-order valence-corrected chi connectivity index (χ1v) is 5.32. The molecule has 0 unspecified atom stereocenters. The second kappa shape index (κ2) is 5.02. The van der Waals surface area contributed by atoms with Crippen LogP contribution in [-0.2, 0) is 0 Å². The molecule has 0 atom stereocenters. The Hall–Kier alpha value is -1.01. The molecule has 0 bridgehead atoms. The maximum atomic E-state index is 8.40. The van der Waals surface area contributed by atoms with E-state index in [1.54, 1.807) is 0 Å². The van der Waals surface area contributed by atoms with Gasteiger partial charge in [-0.25, -0.2) is 0 Å². The fourth-order valence-corrected chi connectivity index (χ4v) is 1.54. The van der Waals surface area contributed by atoms with Gasteiger partial charge in [-0.1, -0.05) is 15.9 Å². The fraction of sp³-hybridized carbons (Fsp3) is 0.364. The molecule has 1 rings (SSSR count). The lowest BCUT2D eigenvalue weighted by molar-refractivity contribution is 1.07. The van der Waals surface area contributed by atoms with Crippen LogP contribution in [0.1, 0.15) is 17.5 Å². The summed E-state index contributed by atoms with van der Waals surface area (Å²) in [7, 11) is 0. The fourth-order valence-electron chi connectivity index (χ4n) is 1.31. The van der Waals surface area contributed by atoms with Crippen molar-refractivity contribution >= 4 is 21.6 Å². The molecule has 0 aliphatic carbocycles. The molecule has 0 radical (unpaired) electrons. The highest BCUT2D eigenvalue weighted by molar-refractivity contribution is 9.10. The summed E-state index contributed by atoms with van der Waals surface area (Å²) in [5, 5.41) is 11.6. The molecule has 0 aliphatic heterocycles. The first kappa shape index (κ1) is 11.1. The summed E-state index contributed by atoms with van der Waals surface area (Å²) in [4.78, 5) is 0. The van der Waals surface area contributed by atoms with Crippen molar-refractivity contribution in [2.45, 2.75) is 20.3 Å². The summed E-state index contributed by atoms with van der Waals surface area (Å²) in [6.45, 7) is 4.83. The van der Waals surface area contributed by atoms with Crippen LogP contribution in [0.2, 0.25) is 0 Å². The van der Waals surface area contributed by atoms with E-state index in [0.29, 0.717) is 13.0 Å². The topological polar surface area (TPSA) is 35.8 Å². The maximum Gasteiger partial charge on any atom is 0.0640 e. The van der Waals surface area contributed by atoms with Gasteiger partial charge in [0.15, 0.2) is 0 Å². The Morgan fingerprint density at radius 2 is 1.93 bits per heavy atom. The van der Waals surface area contributed by atoms with Gasteiger partial charge in [-0.05, 0) is 37.1 Å². The largest absolute Gasteiger partial charge is 0.384 e. The van der Waals surface area contributed by atoms with Gasteiger partial charge in [0.1, 0.15) is 0 Å². The Kier molecular flexibility index (Phi) is 3.97. The zero-order valence-corrected chi connectivity index (χ0v) is 9.98. The molecule has 0 spiro atoms. The van der Waals surface area contributed by atoms with Crippen molar-refractivity contribution in [2.24, 2.45) is 0 Å². The van der Waals surface area contributed by atoms with E-state index >= 15 is 0 Å². The number of hydrogen-bond acceptors (Lipinski definition) is 2. The molecular formula is C11H13BrN2. The van der Waals surface area contributed by atoms with Crippen molar-refractivity contribution in [1.29, 1.82) is 5.26 Å². The van der Waals surface area contributed by atoms with E-state index in [0.717, 1.165) is 10.2 Å². The average molecular weight is 253 g/mol. The number of benzene rings is 1. The van der Waals surface area contributed by atoms with Gasteiger partial charge in [0.05, 0.1) is 12.5 Å². The molecule has 0 saturated carbocycles. The van der Waals surface area contributed by atoms with Crippen molar-refractivity contribution in [3.8, 4) is 6.07 Å². The standard InChI is InChI=1S/C11H13BrN2/c1-8-6-10(14-5-3-4-13)7-9(2)11(8)12/h6-7,14H,3,5H2,1-2H3. The van der Waals surface area contributed by atoms with Crippen LogP contribution in [0.3, 0.4) is 0 Å². The number of halogens is 1. The van der Waals surface area contributed by atoms with Crippen LogP contribution in [0.25, 0.3) is 0 Å². The Morgan fingerprint density at radius 1 is 1.36 bits per heavy atom. The van der Waals surface area contributed by atoms with Crippen LogP contribution in [0, 0.1) is 25.2 Å². The minimum Gasteiger partial charge on any atom is -0.384 e. The van der Waals surface area contributed by atoms with Crippen LogP contribution < -0.4 is 5.32 Å². The molecule has 0 fully saturated rings. The number of nitrogens with zero attached hydrogens (tertiary/aromatic N) is 1. The predicted octanol–water partition coefficient (Wildman–Crippen LogP) is 3.39. The Labute approximate surface area is 93.1 Å². The molecule has 14 heavy (non-hydrogen) atoms. The lowest BCUT2D eigenvalue weighted by Gasteiger charge is -2.09. The minimum absolute atomic E-state index is 0.536. The van der Waals surface area contributed by atoms with Gasteiger partial charge >= 0.3 is 0 Å². The quantitative estimate of drug-likeness (QED) is 0.838. The Balaban J connectivity index is 2.75. The van der Waals surface area contributed by atoms with Crippen LogP contribution in [0.5, 0.6) is 0 Å². The van der Waals surface area contributed by atoms with E-state index in [9.17, 15) is 0 Å². The van der Waals surface area contributed by atoms with Gasteiger partial charge in [-0.3, -0.25) is 0 Å². The summed E-state index contributed by atoms with van der Waals surface area (Å²) in [6, 6.07) is 6.26. The van der Waals surface area contributed by atoms with Gasteiger partial charge < -0.3 is 5.32 Å². The van der Waals surface area contributed by atoms with E-state index < -0.39 is 0 Å². The second-order valence-corrected chi connectivity index (χ2v) is 4.05. The molecule has 0 saturated heterocycles. The third-order valence-electron chi connectivity index (χ3n) is 2.00. The number of nitriles is 1. The first-order valence-electron chi connectivity index (χ1n) is 4.52. The van der Waals surface area contributed by atoms with E-state index in [4.69, 9.17) is 5.26 Å². The number of aryl methyl sites for hydroxylation is 2. The van der Waals surface area contributed by atoms with Crippen LogP contribution in [0.4, 0.5) is 5.69 Å². The van der Waals surface area contributed by atoms with Gasteiger partial charge in [-0.15, -0.1) is 0 Å². The molecule has 1 N–H and O–H groups in total. The molecule has 1 aromatic carbocycles. The van der Waals surface area contributed by atoms with Crippen LogP contribution in [-0.4, -0.2) is 6.54 Å². The SMILES string of the molecule is Cc1cc(NCCC#N)cc(C)c1Br. The number of anilines is 1. The monoisotopic (exact) mass is 252 g/mol. The minimum atomic E-state index is 0.536. The first-order chi connectivity index (χ1) is 6.65. The average Bonchev–Trinajstić information content (AvgIpc) is 2.14. The van der Waals surface area contributed by atoms with E-state index in [-0.39, 0.29) is 0 Å². The number of rotatable bonds is 3. The summed E-state index contributed by atoms with van der Waals surface area (Å²) >= 11 is 3.51. The van der Waals surface area contributed by atoms with Crippen molar-refractivity contribution in [3.63, 3.8) is 0 Å². The summed E-state index contributed by atoms with van der Waals surface area (Å²) in [5.41, 5.74) is 3.51. The lowest BCUT2D eigenvalue weighted by atomic mass is 10.1. The van der Waals surface area contributed by atoms with E-state index in [1.807, 2.05) is 0 Å². The van der Waals surface area contributed by atoms with Crippen molar-refractivity contribution in [1.82, 2.24) is 0 Å². The summed E-state index contributed by atoms with van der Waals surface area (Å²) in [5.74, 6) is 0. The van der Waals surface area contributed by atoms with E-state index in [2.05, 4.69) is 53.3 Å². The molecule has 1 aromatic rings. The highest BCUT2D eigenvalue weighted by Crippen LogP contribution is 2.24. The molecular weight excluding hydrogens is 240 g/mol. The zero-order chi connectivity index (χ0) is 10.6. The Bertz CT molecular complexity index is 343. The molecule has 3 heteroatoms. The van der Waals surface area contributed by atoms with Crippen LogP contribution >= 0.6 is 15.9 Å². The molecule has 2 nitrogen and oxygen atoms in total. The zero-order valence-electron chi connectivity index (χ0n) is 8.39. The second-order valence-electron chi connectivity index (χ2n) is 3.26. The molecule has 0 aromatic heterocycles. The van der Waals surface area contributed by atoms with Crippen molar-refractivity contribution in [2.75, 3.05) is 11.9 Å². The van der Waals surface area contributed by atoms with Crippen molar-refractivity contribution in [3.05, 3.63) is 27.7 Å². The Morgan fingerprint density at radius 3 is 2.43 bits per heavy atom. The normalized spacial score (nSPS) is 9.57. The molecule has 0 amide bonds. The van der Waals surface area contributed by atoms with Gasteiger partial charge in [0.25, 0.3) is 0 Å². The smallest absolute Gasteiger partial charge is 0.0640 e. The summed E-state index contributed by atoms with van der Waals surface area (Å²) in [6.07, 6.45) is 0.536. The van der Waals surface area contributed by atoms with Gasteiger partial charge in [0.2, 0.25) is 0 Å². The van der Waals surface area contributed by atoms with Gasteiger partial charge in [0, 0.05) is 16.7 Å². The van der Waals surface area contributed by atoms with Crippen molar-refractivity contribution < 1.29 is 0 Å². The highest BCUT2D eigenvalue weighted by atomic mass is 79.9. The molecule has 74 valence electrons. The molecule has 0 aliphatic rings. The molecule has 0 heterocycles. The summed E-state index contributed by atoms with van der Waals surface area (Å²) < 4.78 is 1.16. The van der Waals surface area contributed by atoms with Gasteiger partial charge in [-0.2, -0.15) is 5.26 Å². The lowest BCUT2D eigenvalue weighted by Crippen LogP contribution is -2.01. The van der Waals surface area contributed by atoms with E-state index in [1.165, 1.54) is 11.1 Å². The highest BCUT2D eigenvalue weighted by Gasteiger charge is 2.01. The third kappa shape index (κ3) is 2.74. The number of nitrogens with one attached hydrogen (secondary N) is 1. The predicted molar refractivity (Wildman–Crippen MR) is 62.3 cm³/mol. The third-order valence-corrected chi connectivity index (χ3v) is 3.25. The van der Waals surface area contributed by atoms with Crippen LogP contribution in [0.15, 0.2) is 16.6 Å².